The Kier molecular flexibility index (Phi) is 6.12. The Morgan fingerprint density at radius 1 is 1.11 bits per heavy atom. The van der Waals surface area contributed by atoms with Crippen LogP contribution in [-0.4, -0.2) is 71.5 Å². The summed E-state index contributed by atoms with van der Waals surface area (Å²) >= 11 is 0. The highest BCUT2D eigenvalue weighted by Crippen LogP contribution is 2.45. The van der Waals surface area contributed by atoms with Gasteiger partial charge in [0.1, 0.15) is 6.04 Å². The lowest BCUT2D eigenvalue weighted by molar-refractivity contribution is -0.141. The van der Waals surface area contributed by atoms with Crippen LogP contribution < -0.4 is 10.6 Å². The van der Waals surface area contributed by atoms with Crippen molar-refractivity contribution < 1.29 is 9.59 Å². The molecule has 0 spiro atoms. The molecule has 6 heteroatoms. The predicted molar refractivity (Wildman–Crippen MR) is 112 cm³/mol. The fraction of sp³-hybridized carbons (Fsp3) is 0.909. The minimum Gasteiger partial charge on any atom is -0.342 e. The van der Waals surface area contributed by atoms with Crippen molar-refractivity contribution in [2.75, 3.05) is 20.1 Å². The summed E-state index contributed by atoms with van der Waals surface area (Å²) in [7, 11) is 1.76. The number of nitrogens with one attached hydrogen (secondary N) is 2. The fourth-order valence-electron chi connectivity index (χ4n) is 5.62. The molecular formula is C22H40N4O2. The average Bonchev–Trinajstić information content (AvgIpc) is 3.32. The van der Waals surface area contributed by atoms with E-state index < -0.39 is 6.04 Å². The van der Waals surface area contributed by atoms with E-state index in [-0.39, 0.29) is 34.9 Å². The third-order valence-electron chi connectivity index (χ3n) is 7.53. The molecule has 1 saturated carbocycles. The Morgan fingerprint density at radius 2 is 1.75 bits per heavy atom. The van der Waals surface area contributed by atoms with Crippen molar-refractivity contribution in [3.05, 3.63) is 0 Å². The summed E-state index contributed by atoms with van der Waals surface area (Å²) in [5.41, 5.74) is -0.238. The summed E-state index contributed by atoms with van der Waals surface area (Å²) in [5.74, 6) is -0.0251. The van der Waals surface area contributed by atoms with Crippen molar-refractivity contribution in [3.8, 4) is 0 Å². The van der Waals surface area contributed by atoms with Crippen molar-refractivity contribution in [1.82, 2.24) is 20.4 Å². The van der Waals surface area contributed by atoms with E-state index in [0.717, 1.165) is 25.9 Å². The molecule has 2 aliphatic heterocycles. The number of rotatable bonds is 5. The smallest absolute Gasteiger partial charge is 0.246 e. The van der Waals surface area contributed by atoms with E-state index in [2.05, 4.69) is 27.4 Å². The number of hydrogen-bond acceptors (Lipinski definition) is 4. The number of likely N-dealkylation sites (N-methyl/N-ethyl adjacent to an activating group) is 1. The van der Waals surface area contributed by atoms with Crippen LogP contribution in [0.4, 0.5) is 0 Å². The molecule has 3 fully saturated rings. The molecule has 28 heavy (non-hydrogen) atoms. The molecule has 1 aliphatic carbocycles. The van der Waals surface area contributed by atoms with Gasteiger partial charge in [-0.1, -0.05) is 33.6 Å². The van der Waals surface area contributed by atoms with Gasteiger partial charge in [-0.15, -0.1) is 0 Å². The largest absolute Gasteiger partial charge is 0.342 e. The maximum atomic E-state index is 13.6. The van der Waals surface area contributed by atoms with E-state index in [1.165, 1.54) is 25.7 Å². The zero-order valence-corrected chi connectivity index (χ0v) is 18.7. The molecule has 2 saturated heterocycles. The SMILES string of the molecule is CNC(C)C(=O)NC(C(=O)N1CCC2(C)C1CCN2C1CCCC1)C(C)(C)C. The van der Waals surface area contributed by atoms with E-state index in [1.54, 1.807) is 7.05 Å². The Labute approximate surface area is 170 Å². The monoisotopic (exact) mass is 392 g/mol. The summed E-state index contributed by atoms with van der Waals surface area (Å²) in [5, 5.41) is 6.00. The van der Waals surface area contributed by atoms with Crippen LogP contribution >= 0.6 is 0 Å². The quantitative estimate of drug-likeness (QED) is 0.752. The van der Waals surface area contributed by atoms with Crippen molar-refractivity contribution in [2.45, 2.75) is 103 Å². The molecule has 2 N–H and O–H groups in total. The van der Waals surface area contributed by atoms with Gasteiger partial charge in [0.2, 0.25) is 11.8 Å². The normalized spacial score (nSPS) is 31.1. The minimum atomic E-state index is -0.501. The number of likely N-dealkylation sites (tertiary alicyclic amines) is 2. The van der Waals surface area contributed by atoms with E-state index in [9.17, 15) is 9.59 Å². The highest BCUT2D eigenvalue weighted by molar-refractivity contribution is 5.90. The zero-order chi connectivity index (χ0) is 20.7. The number of carbonyl (C=O) groups excluding carboxylic acids is 2. The Hall–Kier alpha value is -1.14. The number of fused-ring (bicyclic) bond motifs is 1. The lowest BCUT2D eigenvalue weighted by atomic mass is 9.85. The highest BCUT2D eigenvalue weighted by Gasteiger charge is 2.56. The molecule has 3 aliphatic rings. The number of amides is 2. The maximum absolute atomic E-state index is 13.6. The van der Waals surface area contributed by atoms with Crippen LogP contribution in [0.2, 0.25) is 0 Å². The first-order chi connectivity index (χ1) is 13.1. The third kappa shape index (κ3) is 3.82. The molecule has 0 bridgehead atoms. The second-order valence-corrected chi connectivity index (χ2v) is 10.4. The van der Waals surface area contributed by atoms with Crippen LogP contribution in [-0.2, 0) is 9.59 Å². The second kappa shape index (κ2) is 7.94. The van der Waals surface area contributed by atoms with Crippen LogP contribution in [0.25, 0.3) is 0 Å². The first kappa shape index (κ1) is 21.6. The van der Waals surface area contributed by atoms with Gasteiger partial charge in [-0.05, 0) is 52.0 Å². The maximum Gasteiger partial charge on any atom is 0.246 e. The molecule has 4 unspecified atom stereocenters. The van der Waals surface area contributed by atoms with Gasteiger partial charge in [-0.25, -0.2) is 0 Å². The number of nitrogens with zero attached hydrogens (tertiary/aromatic N) is 2. The lowest BCUT2D eigenvalue weighted by Crippen LogP contribution is -2.59. The van der Waals surface area contributed by atoms with E-state index >= 15 is 0 Å². The number of carbonyl (C=O) groups is 2. The van der Waals surface area contributed by atoms with Crippen LogP contribution in [0.1, 0.15) is 73.1 Å². The van der Waals surface area contributed by atoms with Gasteiger partial charge in [-0.2, -0.15) is 0 Å². The van der Waals surface area contributed by atoms with Gasteiger partial charge >= 0.3 is 0 Å². The standard InChI is InChI=1S/C22H40N4O2/c1-15(23-6)19(27)24-18(21(2,3)4)20(28)25-14-12-22(5)17(25)11-13-26(22)16-9-7-8-10-16/h15-18,23H,7-14H2,1-6H3,(H,24,27). The molecule has 3 rings (SSSR count). The summed E-state index contributed by atoms with van der Waals surface area (Å²) in [6, 6.07) is 0.147. The van der Waals surface area contributed by atoms with Crippen molar-refractivity contribution >= 4 is 11.8 Å². The molecule has 2 heterocycles. The lowest BCUT2D eigenvalue weighted by Gasteiger charge is -2.41. The highest BCUT2D eigenvalue weighted by atomic mass is 16.2. The third-order valence-corrected chi connectivity index (χ3v) is 7.53. The molecule has 0 aromatic carbocycles. The van der Waals surface area contributed by atoms with Gasteiger partial charge in [0, 0.05) is 24.7 Å². The first-order valence-corrected chi connectivity index (χ1v) is 11.1. The van der Waals surface area contributed by atoms with E-state index in [4.69, 9.17) is 0 Å². The van der Waals surface area contributed by atoms with Crippen LogP contribution in [0.5, 0.6) is 0 Å². The molecule has 2 amide bonds. The van der Waals surface area contributed by atoms with Gasteiger partial charge in [0.25, 0.3) is 0 Å². The second-order valence-electron chi connectivity index (χ2n) is 10.4. The fourth-order valence-corrected chi connectivity index (χ4v) is 5.62. The molecule has 0 aromatic heterocycles. The molecule has 4 atom stereocenters. The van der Waals surface area contributed by atoms with Gasteiger partial charge in [-0.3, -0.25) is 14.5 Å². The van der Waals surface area contributed by atoms with Crippen LogP contribution in [0.3, 0.4) is 0 Å². The summed E-state index contributed by atoms with van der Waals surface area (Å²) < 4.78 is 0. The Balaban J connectivity index is 1.76. The Morgan fingerprint density at radius 3 is 2.32 bits per heavy atom. The Bertz CT molecular complexity index is 596. The van der Waals surface area contributed by atoms with Gasteiger partial charge < -0.3 is 15.5 Å². The van der Waals surface area contributed by atoms with Crippen molar-refractivity contribution in [3.63, 3.8) is 0 Å². The zero-order valence-electron chi connectivity index (χ0n) is 18.7. The topological polar surface area (TPSA) is 64.7 Å². The summed E-state index contributed by atoms with van der Waals surface area (Å²) in [4.78, 5) is 30.9. The van der Waals surface area contributed by atoms with Crippen molar-refractivity contribution in [2.24, 2.45) is 5.41 Å². The summed E-state index contributed by atoms with van der Waals surface area (Å²) in [6.07, 6.45) is 7.38. The number of hydrogen-bond donors (Lipinski definition) is 2. The van der Waals surface area contributed by atoms with E-state index in [0.29, 0.717) is 6.04 Å². The van der Waals surface area contributed by atoms with Gasteiger partial charge in [0.15, 0.2) is 0 Å². The molecule has 6 nitrogen and oxygen atoms in total. The predicted octanol–water partition coefficient (Wildman–Crippen LogP) is 2.13. The molecule has 0 radical (unpaired) electrons. The molecule has 160 valence electrons. The first-order valence-electron chi connectivity index (χ1n) is 11.1. The van der Waals surface area contributed by atoms with Gasteiger partial charge in [0.05, 0.1) is 12.1 Å². The minimum absolute atomic E-state index is 0.0890. The van der Waals surface area contributed by atoms with E-state index in [1.807, 2.05) is 27.7 Å². The van der Waals surface area contributed by atoms with Crippen LogP contribution in [0, 0.1) is 5.41 Å². The average molecular weight is 393 g/mol. The van der Waals surface area contributed by atoms with Crippen LogP contribution in [0.15, 0.2) is 0 Å². The summed E-state index contributed by atoms with van der Waals surface area (Å²) in [6.45, 7) is 12.2. The van der Waals surface area contributed by atoms with Crippen molar-refractivity contribution in [1.29, 1.82) is 0 Å². The molecule has 0 aromatic rings. The molecular weight excluding hydrogens is 352 g/mol.